The van der Waals surface area contributed by atoms with Crippen LogP contribution in [0.25, 0.3) is 0 Å². The van der Waals surface area contributed by atoms with Crippen LogP contribution in [0.15, 0.2) is 18.2 Å². The van der Waals surface area contributed by atoms with Gasteiger partial charge in [-0.15, -0.1) is 0 Å². The highest BCUT2D eigenvalue weighted by molar-refractivity contribution is 6.35. The summed E-state index contributed by atoms with van der Waals surface area (Å²) < 4.78 is 0. The maximum atomic E-state index is 12.0. The molecule has 0 fully saturated rings. The highest BCUT2D eigenvalue weighted by Crippen LogP contribution is 2.32. The molecule has 1 amide bonds. The lowest BCUT2D eigenvalue weighted by molar-refractivity contribution is -0.116. The van der Waals surface area contributed by atoms with E-state index in [1.807, 2.05) is 0 Å². The van der Waals surface area contributed by atoms with Crippen LogP contribution in [0.4, 0.5) is 5.69 Å². The molecule has 1 unspecified atom stereocenters. The van der Waals surface area contributed by atoms with Crippen LogP contribution in [0, 0.1) is 11.3 Å². The molecule has 3 N–H and O–H groups in total. The van der Waals surface area contributed by atoms with Gasteiger partial charge < -0.3 is 11.1 Å². The van der Waals surface area contributed by atoms with Crippen molar-refractivity contribution in [1.29, 1.82) is 0 Å². The molecule has 0 spiro atoms. The predicted octanol–water partition coefficient (Wildman–Crippen LogP) is 4.72. The van der Waals surface area contributed by atoms with Crippen molar-refractivity contribution in [2.24, 2.45) is 17.1 Å². The maximum absolute atomic E-state index is 12.0. The van der Waals surface area contributed by atoms with Crippen LogP contribution in [0.5, 0.6) is 0 Å². The summed E-state index contributed by atoms with van der Waals surface area (Å²) in [6, 6.07) is 5.01. The average Bonchev–Trinajstić information content (AvgIpc) is 2.31. The van der Waals surface area contributed by atoms with Crippen molar-refractivity contribution in [1.82, 2.24) is 0 Å². The Hall–Kier alpha value is -0.770. The number of hydrogen-bond donors (Lipinski definition) is 2. The molecule has 118 valence electrons. The van der Waals surface area contributed by atoms with Crippen LogP contribution >= 0.6 is 23.2 Å². The molecule has 1 atom stereocenters. The van der Waals surface area contributed by atoms with E-state index in [1.54, 1.807) is 18.2 Å². The highest BCUT2D eigenvalue weighted by atomic mass is 35.5. The third-order valence-electron chi connectivity index (χ3n) is 3.61. The lowest BCUT2D eigenvalue weighted by Crippen LogP contribution is -2.25. The largest absolute Gasteiger partial charge is 0.330 e. The molecule has 0 saturated heterocycles. The monoisotopic (exact) mass is 330 g/mol. The molecule has 1 aromatic carbocycles. The van der Waals surface area contributed by atoms with E-state index in [2.05, 4.69) is 26.1 Å². The van der Waals surface area contributed by atoms with Crippen molar-refractivity contribution in [2.75, 3.05) is 11.9 Å². The Morgan fingerprint density at radius 2 is 1.76 bits per heavy atom. The number of carbonyl (C=O) groups excluding carboxylic acids is 1. The number of anilines is 1. The number of amides is 1. The minimum absolute atomic E-state index is 0.0281. The lowest BCUT2D eigenvalue weighted by atomic mass is 9.76. The Morgan fingerprint density at radius 1 is 1.19 bits per heavy atom. The highest BCUT2D eigenvalue weighted by Gasteiger charge is 2.24. The third kappa shape index (κ3) is 6.68. The van der Waals surface area contributed by atoms with Gasteiger partial charge in [0.25, 0.3) is 0 Å². The van der Waals surface area contributed by atoms with Gasteiger partial charge in [0.2, 0.25) is 5.91 Å². The van der Waals surface area contributed by atoms with Gasteiger partial charge >= 0.3 is 0 Å². The number of benzene rings is 1. The Bertz CT molecular complexity index is 463. The quantitative estimate of drug-likeness (QED) is 0.792. The first-order chi connectivity index (χ1) is 9.72. The molecule has 3 nitrogen and oxygen atoms in total. The minimum atomic E-state index is -0.0281. The topological polar surface area (TPSA) is 55.1 Å². The molecule has 0 aliphatic carbocycles. The Morgan fingerprint density at radius 3 is 2.24 bits per heavy atom. The van der Waals surface area contributed by atoms with Crippen LogP contribution < -0.4 is 11.1 Å². The molecular formula is C16H24Cl2N2O. The van der Waals surface area contributed by atoms with Crippen LogP contribution in [0.2, 0.25) is 10.0 Å². The second-order valence-electron chi connectivity index (χ2n) is 6.39. The number of rotatable bonds is 6. The van der Waals surface area contributed by atoms with E-state index < -0.39 is 0 Å². The van der Waals surface area contributed by atoms with Gasteiger partial charge in [0.05, 0.1) is 0 Å². The molecule has 0 bridgehead atoms. The third-order valence-corrected chi connectivity index (χ3v) is 4.04. The predicted molar refractivity (Wildman–Crippen MR) is 90.9 cm³/mol. The fourth-order valence-electron chi connectivity index (χ4n) is 2.37. The van der Waals surface area contributed by atoms with E-state index in [-0.39, 0.29) is 11.3 Å². The Kier molecular flexibility index (Phi) is 6.98. The van der Waals surface area contributed by atoms with Gasteiger partial charge in [-0.05, 0) is 48.9 Å². The van der Waals surface area contributed by atoms with Gasteiger partial charge in [0.15, 0.2) is 0 Å². The van der Waals surface area contributed by atoms with E-state index in [4.69, 9.17) is 28.9 Å². The van der Waals surface area contributed by atoms with E-state index >= 15 is 0 Å². The van der Waals surface area contributed by atoms with E-state index in [9.17, 15) is 4.79 Å². The Balaban J connectivity index is 2.57. The molecule has 21 heavy (non-hydrogen) atoms. The summed E-state index contributed by atoms with van der Waals surface area (Å²) >= 11 is 11.8. The zero-order valence-electron chi connectivity index (χ0n) is 12.9. The zero-order valence-corrected chi connectivity index (χ0v) is 14.4. The molecule has 0 radical (unpaired) electrons. The molecule has 5 heteroatoms. The van der Waals surface area contributed by atoms with Crippen molar-refractivity contribution in [3.05, 3.63) is 28.2 Å². The summed E-state index contributed by atoms with van der Waals surface area (Å²) in [5.41, 5.74) is 6.44. The summed E-state index contributed by atoms with van der Waals surface area (Å²) in [4.78, 5) is 12.0. The molecule has 0 saturated carbocycles. The van der Waals surface area contributed by atoms with Crippen LogP contribution in [0.1, 0.15) is 40.0 Å². The number of hydrogen-bond acceptors (Lipinski definition) is 2. The van der Waals surface area contributed by atoms with Crippen molar-refractivity contribution < 1.29 is 4.79 Å². The fourth-order valence-corrected chi connectivity index (χ4v) is 2.89. The molecular weight excluding hydrogens is 307 g/mol. The van der Waals surface area contributed by atoms with Crippen LogP contribution in [-0.2, 0) is 4.79 Å². The number of carbonyl (C=O) groups is 1. The molecule has 1 rings (SSSR count). The van der Waals surface area contributed by atoms with E-state index in [1.165, 1.54) is 0 Å². The van der Waals surface area contributed by atoms with Gasteiger partial charge in [0.1, 0.15) is 0 Å². The molecule has 0 aliphatic rings. The first-order valence-electron chi connectivity index (χ1n) is 7.18. The summed E-state index contributed by atoms with van der Waals surface area (Å²) in [5.74, 6) is 0.399. The number of nitrogens with two attached hydrogens (primary N) is 1. The van der Waals surface area contributed by atoms with Gasteiger partial charge in [-0.1, -0.05) is 44.0 Å². The van der Waals surface area contributed by atoms with Gasteiger partial charge in [-0.3, -0.25) is 4.79 Å². The molecule has 0 heterocycles. The smallest absolute Gasteiger partial charge is 0.224 e. The first kappa shape index (κ1) is 18.3. The summed E-state index contributed by atoms with van der Waals surface area (Å²) in [7, 11) is 0. The van der Waals surface area contributed by atoms with Crippen LogP contribution in [0.3, 0.4) is 0 Å². The zero-order chi connectivity index (χ0) is 16.0. The molecule has 0 aliphatic heterocycles. The first-order valence-corrected chi connectivity index (χ1v) is 7.94. The summed E-state index contributed by atoms with van der Waals surface area (Å²) in [5, 5.41) is 3.85. The SMILES string of the molecule is CC(C)(C)C(CCN)CCC(=O)Nc1cc(Cl)cc(Cl)c1. The summed E-state index contributed by atoms with van der Waals surface area (Å²) in [6.45, 7) is 7.19. The maximum Gasteiger partial charge on any atom is 0.224 e. The summed E-state index contributed by atoms with van der Waals surface area (Å²) in [6.07, 6.45) is 2.21. The normalized spacial score (nSPS) is 13.0. The van der Waals surface area contributed by atoms with Gasteiger partial charge in [0, 0.05) is 22.2 Å². The lowest BCUT2D eigenvalue weighted by Gasteiger charge is -2.30. The number of halogens is 2. The molecule has 1 aromatic rings. The minimum Gasteiger partial charge on any atom is -0.330 e. The van der Waals surface area contributed by atoms with Crippen molar-refractivity contribution in [3.8, 4) is 0 Å². The van der Waals surface area contributed by atoms with Crippen molar-refractivity contribution in [2.45, 2.75) is 40.0 Å². The van der Waals surface area contributed by atoms with E-state index in [0.29, 0.717) is 34.6 Å². The fraction of sp³-hybridized carbons (Fsp3) is 0.562. The standard InChI is InChI=1S/C16H24Cl2N2O/c1-16(2,3)11(6-7-19)4-5-15(21)20-14-9-12(17)8-13(18)10-14/h8-11H,4-7,19H2,1-3H3,(H,20,21). The second-order valence-corrected chi connectivity index (χ2v) is 7.26. The average molecular weight is 331 g/mol. The van der Waals surface area contributed by atoms with Gasteiger partial charge in [-0.2, -0.15) is 0 Å². The van der Waals surface area contributed by atoms with Crippen LogP contribution in [-0.4, -0.2) is 12.5 Å². The van der Waals surface area contributed by atoms with Crippen molar-refractivity contribution >= 4 is 34.8 Å². The van der Waals surface area contributed by atoms with E-state index in [0.717, 1.165) is 12.8 Å². The van der Waals surface area contributed by atoms with Crippen molar-refractivity contribution in [3.63, 3.8) is 0 Å². The Labute approximate surface area is 137 Å². The number of nitrogens with one attached hydrogen (secondary N) is 1. The molecule has 0 aromatic heterocycles. The van der Waals surface area contributed by atoms with Gasteiger partial charge in [-0.25, -0.2) is 0 Å². The second kappa shape index (κ2) is 8.02.